The van der Waals surface area contributed by atoms with Crippen molar-refractivity contribution >= 4 is 33.4 Å². The van der Waals surface area contributed by atoms with E-state index in [1.54, 1.807) is 25.4 Å². The van der Waals surface area contributed by atoms with Gasteiger partial charge in [-0.15, -0.1) is 11.3 Å². The third-order valence-corrected chi connectivity index (χ3v) is 3.94. The first kappa shape index (κ1) is 15.2. The van der Waals surface area contributed by atoms with Crippen LogP contribution in [0.5, 0.6) is 5.75 Å². The van der Waals surface area contributed by atoms with Crippen molar-refractivity contribution in [2.75, 3.05) is 20.8 Å². The second-order valence-corrected chi connectivity index (χ2v) is 5.23. The summed E-state index contributed by atoms with van der Waals surface area (Å²) < 4.78 is 10.5. The average molecular weight is 309 g/mol. The number of thiophene rings is 1. The highest BCUT2D eigenvalue weighted by molar-refractivity contribution is 7.21. The number of nitrogens with one attached hydrogen (secondary N) is 1. The molecule has 2 aromatic heterocycles. The van der Waals surface area contributed by atoms with E-state index in [1.165, 1.54) is 18.4 Å². The normalized spacial score (nSPS) is 12.0. The molecule has 0 aliphatic heterocycles. The molecule has 112 valence electrons. The molecule has 0 bridgehead atoms. The molecule has 2 heterocycles. The molecule has 1 amide bonds. The number of nitrogens with two attached hydrogens (primary N) is 1. The van der Waals surface area contributed by atoms with Crippen LogP contribution in [0.15, 0.2) is 18.3 Å². The van der Waals surface area contributed by atoms with Gasteiger partial charge in [-0.1, -0.05) is 0 Å². The summed E-state index contributed by atoms with van der Waals surface area (Å²) in [5, 5.41) is 2.59. The minimum atomic E-state index is -0.888. The Hall–Kier alpha value is -2.19. The molecule has 0 fully saturated rings. The Balaban J connectivity index is 2.11. The predicted octanol–water partition coefficient (Wildman–Crippen LogP) is 0.535. The van der Waals surface area contributed by atoms with E-state index in [4.69, 9.17) is 10.5 Å². The van der Waals surface area contributed by atoms with Crippen LogP contribution in [0.4, 0.5) is 0 Å². The van der Waals surface area contributed by atoms with Gasteiger partial charge in [-0.3, -0.25) is 14.6 Å². The molecule has 0 unspecified atom stereocenters. The number of hydrogen-bond acceptors (Lipinski definition) is 7. The standard InChI is InChI=1S/C13H15N3O4S/c1-19-9-3-4-15-8-5-10(21-11(8)9)12(17)16-6-7(14)13(18)20-2/h3-5,7H,6,14H2,1-2H3,(H,16,17)/t7-/m1/s1. The Kier molecular flexibility index (Phi) is 4.71. The van der Waals surface area contributed by atoms with E-state index in [0.717, 1.165) is 4.70 Å². The largest absolute Gasteiger partial charge is 0.495 e. The summed E-state index contributed by atoms with van der Waals surface area (Å²) in [4.78, 5) is 27.9. The van der Waals surface area contributed by atoms with Crippen molar-refractivity contribution in [3.63, 3.8) is 0 Å². The SMILES string of the molecule is COC(=O)[C@H](N)CNC(=O)c1cc2nccc(OC)c2s1. The predicted molar refractivity (Wildman–Crippen MR) is 78.5 cm³/mol. The van der Waals surface area contributed by atoms with Gasteiger partial charge in [0.2, 0.25) is 0 Å². The van der Waals surface area contributed by atoms with Gasteiger partial charge >= 0.3 is 5.97 Å². The molecule has 0 radical (unpaired) electrons. The van der Waals surface area contributed by atoms with Gasteiger partial charge in [0.25, 0.3) is 5.91 Å². The number of ether oxygens (including phenoxy) is 2. The van der Waals surface area contributed by atoms with Gasteiger partial charge in [0.15, 0.2) is 0 Å². The fourth-order valence-electron chi connectivity index (χ4n) is 1.71. The lowest BCUT2D eigenvalue weighted by Gasteiger charge is -2.09. The zero-order valence-electron chi connectivity index (χ0n) is 11.6. The molecule has 0 aliphatic rings. The quantitative estimate of drug-likeness (QED) is 0.781. The number of fused-ring (bicyclic) bond motifs is 1. The lowest BCUT2D eigenvalue weighted by atomic mass is 10.3. The molecular formula is C13H15N3O4S. The summed E-state index contributed by atoms with van der Waals surface area (Å²) in [5.41, 5.74) is 6.24. The van der Waals surface area contributed by atoms with Crippen molar-refractivity contribution in [3.8, 4) is 5.75 Å². The topological polar surface area (TPSA) is 104 Å². The van der Waals surface area contributed by atoms with Gasteiger partial charge in [0.1, 0.15) is 11.8 Å². The number of methoxy groups -OCH3 is 2. The highest BCUT2D eigenvalue weighted by Gasteiger charge is 2.17. The minimum Gasteiger partial charge on any atom is -0.495 e. The van der Waals surface area contributed by atoms with E-state index in [0.29, 0.717) is 16.1 Å². The maximum Gasteiger partial charge on any atom is 0.324 e. The van der Waals surface area contributed by atoms with Crippen molar-refractivity contribution in [1.82, 2.24) is 10.3 Å². The fraction of sp³-hybridized carbons (Fsp3) is 0.308. The van der Waals surface area contributed by atoms with Crippen LogP contribution in [0.2, 0.25) is 0 Å². The van der Waals surface area contributed by atoms with Crippen molar-refractivity contribution < 1.29 is 19.1 Å². The first-order valence-corrected chi connectivity index (χ1v) is 6.92. The van der Waals surface area contributed by atoms with Crippen LogP contribution >= 0.6 is 11.3 Å². The number of rotatable bonds is 5. The molecule has 0 aromatic carbocycles. The fourth-order valence-corrected chi connectivity index (χ4v) is 2.74. The average Bonchev–Trinajstić information content (AvgIpc) is 2.95. The summed E-state index contributed by atoms with van der Waals surface area (Å²) in [6.07, 6.45) is 1.61. The Morgan fingerprint density at radius 2 is 2.24 bits per heavy atom. The number of esters is 1. The number of amides is 1. The molecule has 3 N–H and O–H groups in total. The molecule has 2 rings (SSSR count). The van der Waals surface area contributed by atoms with E-state index in [9.17, 15) is 9.59 Å². The van der Waals surface area contributed by atoms with Crippen molar-refractivity contribution in [2.45, 2.75) is 6.04 Å². The van der Waals surface area contributed by atoms with E-state index in [-0.39, 0.29) is 12.5 Å². The summed E-state index contributed by atoms with van der Waals surface area (Å²) in [5.74, 6) is -0.232. The Bertz CT molecular complexity index is 670. The second kappa shape index (κ2) is 6.51. The van der Waals surface area contributed by atoms with Gasteiger partial charge in [0, 0.05) is 12.7 Å². The molecule has 21 heavy (non-hydrogen) atoms. The maximum absolute atomic E-state index is 12.1. The second-order valence-electron chi connectivity index (χ2n) is 4.18. The third kappa shape index (κ3) is 3.29. The van der Waals surface area contributed by atoms with Crippen molar-refractivity contribution in [2.24, 2.45) is 5.73 Å². The molecule has 7 nitrogen and oxygen atoms in total. The van der Waals surface area contributed by atoms with E-state index in [2.05, 4.69) is 15.0 Å². The van der Waals surface area contributed by atoms with Gasteiger partial charge in [-0.25, -0.2) is 0 Å². The molecule has 0 saturated heterocycles. The molecular weight excluding hydrogens is 294 g/mol. The summed E-state index contributed by atoms with van der Waals surface area (Å²) in [6.45, 7) is 0.00428. The highest BCUT2D eigenvalue weighted by atomic mass is 32.1. The van der Waals surface area contributed by atoms with Gasteiger partial charge in [-0.2, -0.15) is 0 Å². The van der Waals surface area contributed by atoms with Crippen LogP contribution in [0.1, 0.15) is 9.67 Å². The summed E-state index contributed by atoms with van der Waals surface area (Å²) >= 11 is 1.27. The lowest BCUT2D eigenvalue weighted by molar-refractivity contribution is -0.141. The summed E-state index contributed by atoms with van der Waals surface area (Å²) in [6, 6.07) is 2.51. The number of nitrogens with zero attached hydrogens (tertiary/aromatic N) is 1. The van der Waals surface area contributed by atoms with Crippen LogP contribution in [-0.4, -0.2) is 43.7 Å². The monoisotopic (exact) mass is 309 g/mol. The highest BCUT2D eigenvalue weighted by Crippen LogP contribution is 2.31. The Labute approximate surface area is 125 Å². The molecule has 0 saturated carbocycles. The van der Waals surface area contributed by atoms with Crippen LogP contribution in [0.25, 0.3) is 10.2 Å². The molecule has 0 spiro atoms. The number of carbonyl (C=O) groups excluding carboxylic acids is 2. The zero-order chi connectivity index (χ0) is 15.4. The Morgan fingerprint density at radius 1 is 1.48 bits per heavy atom. The van der Waals surface area contributed by atoms with Gasteiger partial charge in [0.05, 0.1) is 29.3 Å². The van der Waals surface area contributed by atoms with E-state index in [1.807, 2.05) is 0 Å². The van der Waals surface area contributed by atoms with Crippen molar-refractivity contribution in [3.05, 3.63) is 23.2 Å². The first-order chi connectivity index (χ1) is 10.1. The zero-order valence-corrected chi connectivity index (χ0v) is 12.4. The van der Waals surface area contributed by atoms with Crippen LogP contribution in [-0.2, 0) is 9.53 Å². The first-order valence-electron chi connectivity index (χ1n) is 6.11. The molecule has 2 aromatic rings. The number of pyridine rings is 1. The van der Waals surface area contributed by atoms with Crippen LogP contribution < -0.4 is 15.8 Å². The molecule has 0 aliphatic carbocycles. The number of hydrogen-bond donors (Lipinski definition) is 2. The van der Waals surface area contributed by atoms with Gasteiger partial charge < -0.3 is 20.5 Å². The smallest absolute Gasteiger partial charge is 0.324 e. The Morgan fingerprint density at radius 3 is 2.90 bits per heavy atom. The maximum atomic E-state index is 12.1. The summed E-state index contributed by atoms with van der Waals surface area (Å²) in [7, 11) is 2.80. The number of aromatic nitrogens is 1. The lowest BCUT2D eigenvalue weighted by Crippen LogP contribution is -2.42. The molecule has 1 atom stereocenters. The van der Waals surface area contributed by atoms with Gasteiger partial charge in [-0.05, 0) is 12.1 Å². The van der Waals surface area contributed by atoms with Crippen LogP contribution in [0.3, 0.4) is 0 Å². The van der Waals surface area contributed by atoms with E-state index < -0.39 is 12.0 Å². The molecule has 8 heteroatoms. The number of carbonyl (C=O) groups is 2. The van der Waals surface area contributed by atoms with Crippen molar-refractivity contribution in [1.29, 1.82) is 0 Å². The minimum absolute atomic E-state index is 0.00428. The van der Waals surface area contributed by atoms with E-state index >= 15 is 0 Å². The van der Waals surface area contributed by atoms with Crippen LogP contribution in [0, 0.1) is 0 Å². The third-order valence-electron chi connectivity index (χ3n) is 2.81.